The number of hydrogen-bond donors (Lipinski definition) is 2. The molecule has 1 aromatic carbocycles. The average molecular weight is 292 g/mol. The van der Waals surface area contributed by atoms with Gasteiger partial charge in [0, 0.05) is 18.0 Å². The molecule has 5 nitrogen and oxygen atoms in total. The fraction of sp³-hybridized carbons (Fsp3) is 0.562. The Morgan fingerprint density at radius 3 is 2.62 bits per heavy atom. The van der Waals surface area contributed by atoms with E-state index in [1.165, 1.54) is 0 Å². The Morgan fingerprint density at radius 2 is 2.00 bits per heavy atom. The largest absolute Gasteiger partial charge is 0.496 e. The summed E-state index contributed by atoms with van der Waals surface area (Å²) in [6, 6.07) is 7.53. The molecule has 3 atom stereocenters. The molecule has 0 saturated carbocycles. The van der Waals surface area contributed by atoms with Crippen LogP contribution >= 0.6 is 0 Å². The molecule has 1 saturated heterocycles. The first-order valence-corrected chi connectivity index (χ1v) is 7.18. The molecule has 1 fully saturated rings. The summed E-state index contributed by atoms with van der Waals surface area (Å²) in [6.45, 7) is 5.51. The van der Waals surface area contributed by atoms with E-state index in [0.717, 1.165) is 11.3 Å². The van der Waals surface area contributed by atoms with Crippen LogP contribution in [0.1, 0.15) is 38.8 Å². The third-order valence-electron chi connectivity index (χ3n) is 3.62. The van der Waals surface area contributed by atoms with Crippen LogP contribution in [-0.2, 0) is 9.53 Å². The zero-order valence-corrected chi connectivity index (χ0v) is 13.1. The van der Waals surface area contributed by atoms with E-state index in [0.29, 0.717) is 6.42 Å². The molecule has 5 heteroatoms. The fourth-order valence-electron chi connectivity index (χ4n) is 2.41. The predicted molar refractivity (Wildman–Crippen MR) is 80.8 cm³/mol. The maximum absolute atomic E-state index is 12.0. The molecule has 3 N–H and O–H groups in total. The van der Waals surface area contributed by atoms with Crippen molar-refractivity contribution in [3.63, 3.8) is 0 Å². The monoisotopic (exact) mass is 292 g/mol. The zero-order valence-electron chi connectivity index (χ0n) is 13.1. The van der Waals surface area contributed by atoms with E-state index < -0.39 is 5.41 Å². The molecule has 1 heterocycles. The van der Waals surface area contributed by atoms with Crippen molar-refractivity contribution in [1.29, 1.82) is 0 Å². The molecule has 0 aliphatic carbocycles. The lowest BCUT2D eigenvalue weighted by atomic mass is 9.97. The van der Waals surface area contributed by atoms with Crippen LogP contribution in [0.5, 0.6) is 5.75 Å². The third kappa shape index (κ3) is 3.54. The minimum absolute atomic E-state index is 0.0843. The lowest BCUT2D eigenvalue weighted by Crippen LogP contribution is -2.34. The van der Waals surface area contributed by atoms with Gasteiger partial charge in [-0.25, -0.2) is 0 Å². The van der Waals surface area contributed by atoms with E-state index >= 15 is 0 Å². The molecule has 3 unspecified atom stereocenters. The predicted octanol–water partition coefficient (Wildman–Crippen LogP) is 1.97. The summed E-state index contributed by atoms with van der Waals surface area (Å²) < 4.78 is 10.9. The molecule has 21 heavy (non-hydrogen) atoms. The molecular weight excluding hydrogens is 268 g/mol. The van der Waals surface area contributed by atoms with Gasteiger partial charge in [0.1, 0.15) is 5.75 Å². The summed E-state index contributed by atoms with van der Waals surface area (Å²) in [6.07, 6.45) is 0.228. The minimum Gasteiger partial charge on any atom is -0.496 e. The van der Waals surface area contributed by atoms with Crippen LogP contribution in [0.15, 0.2) is 24.3 Å². The van der Waals surface area contributed by atoms with Gasteiger partial charge in [-0.2, -0.15) is 0 Å². The van der Waals surface area contributed by atoms with Crippen LogP contribution in [0, 0.1) is 5.41 Å². The number of carbonyl (C=O) groups is 1. The van der Waals surface area contributed by atoms with Crippen LogP contribution in [0.25, 0.3) is 0 Å². The van der Waals surface area contributed by atoms with E-state index in [1.807, 2.05) is 45.0 Å². The van der Waals surface area contributed by atoms with Gasteiger partial charge >= 0.3 is 5.97 Å². The Hall–Kier alpha value is -1.59. The topological polar surface area (TPSA) is 73.6 Å². The molecule has 0 bridgehead atoms. The number of nitrogens with two attached hydrogens (primary N) is 1. The third-order valence-corrected chi connectivity index (χ3v) is 3.62. The maximum atomic E-state index is 12.0. The van der Waals surface area contributed by atoms with Crippen LogP contribution in [0.4, 0.5) is 0 Å². The highest BCUT2D eigenvalue weighted by atomic mass is 16.6. The second-order valence-electron chi connectivity index (χ2n) is 6.43. The minimum atomic E-state index is -0.520. The Bertz CT molecular complexity index is 510. The summed E-state index contributed by atoms with van der Waals surface area (Å²) >= 11 is 0. The van der Waals surface area contributed by atoms with Crippen molar-refractivity contribution in [2.75, 3.05) is 7.11 Å². The molecule has 0 radical (unpaired) electrons. The molecule has 0 amide bonds. The molecule has 1 aromatic rings. The van der Waals surface area contributed by atoms with Crippen LogP contribution < -0.4 is 15.8 Å². The number of para-hydroxylation sites is 1. The van der Waals surface area contributed by atoms with Crippen LogP contribution in [0.2, 0.25) is 0 Å². The van der Waals surface area contributed by atoms with E-state index in [2.05, 4.69) is 5.32 Å². The summed E-state index contributed by atoms with van der Waals surface area (Å²) in [5, 5.41) is 3.29. The second-order valence-corrected chi connectivity index (χ2v) is 6.43. The molecule has 0 spiro atoms. The van der Waals surface area contributed by atoms with Crippen LogP contribution in [0.3, 0.4) is 0 Å². The van der Waals surface area contributed by atoms with Crippen molar-refractivity contribution in [3.8, 4) is 5.75 Å². The highest BCUT2D eigenvalue weighted by molar-refractivity contribution is 5.75. The molecule has 0 aromatic heterocycles. The van der Waals surface area contributed by atoms with Crippen LogP contribution in [-0.4, -0.2) is 25.3 Å². The lowest BCUT2D eigenvalue weighted by Gasteiger charge is -2.22. The first-order valence-electron chi connectivity index (χ1n) is 7.18. The average Bonchev–Trinajstić information content (AvgIpc) is 2.78. The number of esters is 1. The second kappa shape index (κ2) is 6.03. The van der Waals surface area contributed by atoms with Gasteiger partial charge in [0.05, 0.1) is 18.6 Å². The van der Waals surface area contributed by atoms with Crippen molar-refractivity contribution < 1.29 is 14.3 Å². The van der Waals surface area contributed by atoms with Crippen molar-refractivity contribution in [2.45, 2.75) is 45.5 Å². The van der Waals surface area contributed by atoms with E-state index in [-0.39, 0.29) is 24.3 Å². The molecule has 1 aliphatic heterocycles. The number of hydrogen-bond acceptors (Lipinski definition) is 5. The number of nitrogens with one attached hydrogen (secondary N) is 1. The van der Waals surface area contributed by atoms with Gasteiger partial charge in [0.25, 0.3) is 0 Å². The number of carbonyl (C=O) groups excluding carboxylic acids is 1. The van der Waals surface area contributed by atoms with Gasteiger partial charge in [-0.15, -0.1) is 0 Å². The standard InChI is InChI=1S/C16H24N2O3/c1-16(2,3)15(19)21-13-9-11(17)14(18-13)10-7-5-6-8-12(10)20-4/h5-8,11,13-14,18H,9,17H2,1-4H3. The quantitative estimate of drug-likeness (QED) is 0.833. The highest BCUT2D eigenvalue weighted by Crippen LogP contribution is 2.33. The lowest BCUT2D eigenvalue weighted by molar-refractivity contribution is -0.159. The zero-order chi connectivity index (χ0) is 15.6. The SMILES string of the molecule is COc1ccccc1C1NC(OC(=O)C(C)(C)C)CC1N. The summed E-state index contributed by atoms with van der Waals surface area (Å²) in [7, 11) is 1.64. The number of benzene rings is 1. The Balaban J connectivity index is 2.09. The smallest absolute Gasteiger partial charge is 0.312 e. The normalized spacial score (nSPS) is 25.7. The Morgan fingerprint density at radius 1 is 1.33 bits per heavy atom. The van der Waals surface area contributed by atoms with Gasteiger partial charge in [0.2, 0.25) is 0 Å². The first kappa shape index (κ1) is 15.8. The summed E-state index contributed by atoms with van der Waals surface area (Å²) in [4.78, 5) is 12.0. The molecule has 116 valence electrons. The molecule has 1 aliphatic rings. The van der Waals surface area contributed by atoms with Gasteiger partial charge < -0.3 is 15.2 Å². The summed E-state index contributed by atoms with van der Waals surface area (Å²) in [5.41, 5.74) is 6.67. The Labute approximate surface area is 125 Å². The number of ether oxygens (including phenoxy) is 2. The van der Waals surface area contributed by atoms with Gasteiger partial charge in [-0.05, 0) is 26.8 Å². The van der Waals surface area contributed by atoms with Gasteiger partial charge in [-0.1, -0.05) is 18.2 Å². The van der Waals surface area contributed by atoms with Gasteiger partial charge in [-0.3, -0.25) is 10.1 Å². The van der Waals surface area contributed by atoms with E-state index in [1.54, 1.807) is 7.11 Å². The maximum Gasteiger partial charge on any atom is 0.312 e. The number of methoxy groups -OCH3 is 1. The van der Waals surface area contributed by atoms with Crippen molar-refractivity contribution in [1.82, 2.24) is 5.32 Å². The van der Waals surface area contributed by atoms with E-state index in [4.69, 9.17) is 15.2 Å². The Kier molecular flexibility index (Phi) is 4.54. The number of rotatable bonds is 3. The van der Waals surface area contributed by atoms with E-state index in [9.17, 15) is 4.79 Å². The highest BCUT2D eigenvalue weighted by Gasteiger charge is 2.37. The fourth-order valence-corrected chi connectivity index (χ4v) is 2.41. The van der Waals surface area contributed by atoms with Gasteiger partial charge in [0.15, 0.2) is 6.23 Å². The first-order chi connectivity index (χ1) is 9.82. The summed E-state index contributed by atoms with van der Waals surface area (Å²) in [5.74, 6) is 0.557. The van der Waals surface area contributed by atoms with Crippen molar-refractivity contribution in [3.05, 3.63) is 29.8 Å². The van der Waals surface area contributed by atoms with Crippen molar-refractivity contribution in [2.24, 2.45) is 11.1 Å². The molecule has 2 rings (SSSR count). The van der Waals surface area contributed by atoms with Crippen molar-refractivity contribution >= 4 is 5.97 Å². The molecular formula is C16H24N2O3.